The van der Waals surface area contributed by atoms with E-state index in [9.17, 15) is 4.79 Å². The standard InChI is InChI=1S/C23H24N4O4S.ClH/c1-29-17-12-16(13-18(14-17)30-2)22(28)27(10-5-9-26-11-8-24-15-26)23-25-21-19(31-3)6-4-7-20(21)32-23;/h4,6-8,11-15H,5,9-10H2,1-3H3;1H. The largest absolute Gasteiger partial charge is 0.497 e. The summed E-state index contributed by atoms with van der Waals surface area (Å²) in [5.41, 5.74) is 1.21. The van der Waals surface area contributed by atoms with E-state index in [4.69, 9.17) is 19.2 Å². The number of ether oxygens (including phenoxy) is 3. The van der Waals surface area contributed by atoms with Crippen molar-refractivity contribution in [2.75, 3.05) is 32.8 Å². The number of carbonyl (C=O) groups is 1. The van der Waals surface area contributed by atoms with Gasteiger partial charge in [0.25, 0.3) is 5.91 Å². The van der Waals surface area contributed by atoms with E-state index in [1.165, 1.54) is 11.3 Å². The van der Waals surface area contributed by atoms with E-state index in [1.54, 1.807) is 57.0 Å². The number of carbonyl (C=O) groups excluding carboxylic acids is 1. The number of thiazole rings is 1. The number of benzene rings is 2. The van der Waals surface area contributed by atoms with Gasteiger partial charge in [-0.15, -0.1) is 12.4 Å². The summed E-state index contributed by atoms with van der Waals surface area (Å²) < 4.78 is 19.1. The molecule has 0 atom stereocenters. The predicted molar refractivity (Wildman–Crippen MR) is 131 cm³/mol. The molecule has 0 radical (unpaired) electrons. The second-order valence-corrected chi connectivity index (χ2v) is 8.02. The molecule has 0 spiro atoms. The lowest BCUT2D eigenvalue weighted by Gasteiger charge is -2.21. The van der Waals surface area contributed by atoms with Crippen LogP contribution in [0, 0.1) is 0 Å². The van der Waals surface area contributed by atoms with Gasteiger partial charge in [-0.3, -0.25) is 9.69 Å². The van der Waals surface area contributed by atoms with Crippen LogP contribution in [0.25, 0.3) is 10.2 Å². The van der Waals surface area contributed by atoms with Gasteiger partial charge in [-0.2, -0.15) is 0 Å². The second kappa shape index (κ2) is 11.0. The molecule has 0 saturated heterocycles. The minimum absolute atomic E-state index is 0. The molecule has 0 aliphatic rings. The van der Waals surface area contributed by atoms with Gasteiger partial charge < -0.3 is 18.8 Å². The maximum Gasteiger partial charge on any atom is 0.260 e. The van der Waals surface area contributed by atoms with Crippen LogP contribution >= 0.6 is 23.7 Å². The second-order valence-electron chi connectivity index (χ2n) is 7.02. The molecule has 174 valence electrons. The number of amides is 1. The molecule has 4 rings (SSSR count). The van der Waals surface area contributed by atoms with E-state index >= 15 is 0 Å². The number of nitrogens with zero attached hydrogens (tertiary/aromatic N) is 4. The Balaban J connectivity index is 0.00000306. The molecule has 0 fully saturated rings. The number of methoxy groups -OCH3 is 3. The number of halogens is 1. The van der Waals surface area contributed by atoms with Gasteiger partial charge in [0.2, 0.25) is 0 Å². The van der Waals surface area contributed by atoms with Gasteiger partial charge in [-0.1, -0.05) is 17.4 Å². The molecule has 2 heterocycles. The molecule has 10 heteroatoms. The highest BCUT2D eigenvalue weighted by molar-refractivity contribution is 7.22. The Bertz CT molecular complexity index is 1190. The number of fused-ring (bicyclic) bond motifs is 1. The van der Waals surface area contributed by atoms with Crippen molar-refractivity contribution >= 4 is 45.0 Å². The van der Waals surface area contributed by atoms with E-state index in [1.807, 2.05) is 29.0 Å². The minimum Gasteiger partial charge on any atom is -0.497 e. The molecule has 0 aliphatic heterocycles. The lowest BCUT2D eigenvalue weighted by Crippen LogP contribution is -2.32. The summed E-state index contributed by atoms with van der Waals surface area (Å²) >= 11 is 1.46. The molecule has 0 saturated carbocycles. The Morgan fingerprint density at radius 2 is 1.85 bits per heavy atom. The SMILES string of the molecule is COc1cc(OC)cc(C(=O)N(CCCn2ccnc2)c2nc3c(OC)cccc3s2)c1.Cl. The van der Waals surface area contributed by atoms with Crippen molar-refractivity contribution in [3.8, 4) is 17.2 Å². The number of para-hydroxylation sites is 1. The van der Waals surface area contributed by atoms with Gasteiger partial charge in [0, 0.05) is 37.1 Å². The summed E-state index contributed by atoms with van der Waals surface area (Å²) in [4.78, 5) is 24.2. The van der Waals surface area contributed by atoms with E-state index < -0.39 is 0 Å². The van der Waals surface area contributed by atoms with Crippen LogP contribution in [0.15, 0.2) is 55.1 Å². The topological polar surface area (TPSA) is 78.7 Å². The fourth-order valence-corrected chi connectivity index (χ4v) is 4.40. The maximum absolute atomic E-state index is 13.6. The molecule has 2 aromatic heterocycles. The molecule has 0 N–H and O–H groups in total. The Morgan fingerprint density at radius 3 is 2.48 bits per heavy atom. The summed E-state index contributed by atoms with van der Waals surface area (Å²) in [6.07, 6.45) is 6.14. The molecule has 2 aromatic carbocycles. The summed E-state index contributed by atoms with van der Waals surface area (Å²) in [7, 11) is 4.74. The molecule has 0 aliphatic carbocycles. The Kier molecular flexibility index (Phi) is 8.13. The van der Waals surface area contributed by atoms with Gasteiger partial charge >= 0.3 is 0 Å². The molecular formula is C23H25ClN4O4S. The highest BCUT2D eigenvalue weighted by Crippen LogP contribution is 2.35. The lowest BCUT2D eigenvalue weighted by molar-refractivity contribution is 0.0985. The number of hydrogen-bond acceptors (Lipinski definition) is 7. The van der Waals surface area contributed by atoms with Crippen molar-refractivity contribution < 1.29 is 19.0 Å². The number of imidazole rings is 1. The summed E-state index contributed by atoms with van der Waals surface area (Å²) in [5, 5.41) is 0.613. The van der Waals surface area contributed by atoms with Crippen molar-refractivity contribution in [2.45, 2.75) is 13.0 Å². The van der Waals surface area contributed by atoms with E-state index in [2.05, 4.69) is 4.98 Å². The number of rotatable bonds is 9. The number of anilines is 1. The first kappa shape index (κ1) is 24.3. The smallest absolute Gasteiger partial charge is 0.260 e. The quantitative estimate of drug-likeness (QED) is 0.340. The van der Waals surface area contributed by atoms with Crippen molar-refractivity contribution in [1.29, 1.82) is 0 Å². The van der Waals surface area contributed by atoms with Crippen LogP contribution in [-0.4, -0.2) is 48.3 Å². The van der Waals surface area contributed by atoms with Crippen molar-refractivity contribution in [1.82, 2.24) is 14.5 Å². The Morgan fingerprint density at radius 1 is 1.09 bits per heavy atom. The average molecular weight is 489 g/mol. The fraction of sp³-hybridized carbons (Fsp3) is 0.261. The predicted octanol–water partition coefficient (Wildman–Crippen LogP) is 4.68. The highest BCUT2D eigenvalue weighted by Gasteiger charge is 2.23. The van der Waals surface area contributed by atoms with Crippen LogP contribution < -0.4 is 19.1 Å². The van der Waals surface area contributed by atoms with Crippen LogP contribution in [0.2, 0.25) is 0 Å². The molecule has 33 heavy (non-hydrogen) atoms. The third-order valence-corrected chi connectivity index (χ3v) is 6.07. The number of hydrogen-bond donors (Lipinski definition) is 0. The van der Waals surface area contributed by atoms with Crippen LogP contribution in [0.1, 0.15) is 16.8 Å². The van der Waals surface area contributed by atoms with E-state index in [0.717, 1.165) is 23.2 Å². The zero-order valence-electron chi connectivity index (χ0n) is 18.6. The van der Waals surface area contributed by atoms with Crippen LogP contribution in [0.4, 0.5) is 5.13 Å². The van der Waals surface area contributed by atoms with Crippen LogP contribution in [0.5, 0.6) is 17.2 Å². The zero-order chi connectivity index (χ0) is 22.5. The van der Waals surface area contributed by atoms with Crippen LogP contribution in [-0.2, 0) is 6.54 Å². The molecule has 0 bridgehead atoms. The van der Waals surface area contributed by atoms with Crippen molar-refractivity contribution in [2.24, 2.45) is 0 Å². The summed E-state index contributed by atoms with van der Waals surface area (Å²) in [6.45, 7) is 1.22. The first-order valence-corrected chi connectivity index (χ1v) is 10.9. The normalized spacial score (nSPS) is 10.5. The molecule has 8 nitrogen and oxygen atoms in total. The van der Waals surface area contributed by atoms with E-state index in [0.29, 0.717) is 34.5 Å². The summed E-state index contributed by atoms with van der Waals surface area (Å²) in [6, 6.07) is 10.9. The first-order chi connectivity index (χ1) is 15.6. The molecule has 4 aromatic rings. The number of aromatic nitrogens is 3. The lowest BCUT2D eigenvalue weighted by atomic mass is 10.1. The monoisotopic (exact) mass is 488 g/mol. The van der Waals surface area contributed by atoms with Crippen LogP contribution in [0.3, 0.4) is 0 Å². The van der Waals surface area contributed by atoms with Crippen molar-refractivity contribution in [3.05, 3.63) is 60.7 Å². The minimum atomic E-state index is -0.175. The van der Waals surface area contributed by atoms with Gasteiger partial charge in [0.15, 0.2) is 5.13 Å². The zero-order valence-corrected chi connectivity index (χ0v) is 20.2. The maximum atomic E-state index is 13.6. The van der Waals surface area contributed by atoms with Gasteiger partial charge in [0.05, 0.1) is 32.4 Å². The molecule has 1 amide bonds. The third kappa shape index (κ3) is 5.37. The van der Waals surface area contributed by atoms with Gasteiger partial charge in [-0.25, -0.2) is 9.97 Å². The highest BCUT2D eigenvalue weighted by atomic mass is 35.5. The van der Waals surface area contributed by atoms with Crippen molar-refractivity contribution in [3.63, 3.8) is 0 Å². The number of aryl methyl sites for hydroxylation is 1. The van der Waals surface area contributed by atoms with E-state index in [-0.39, 0.29) is 18.3 Å². The first-order valence-electron chi connectivity index (χ1n) is 10.1. The third-order valence-electron chi connectivity index (χ3n) is 5.02. The summed E-state index contributed by atoms with van der Waals surface area (Å²) in [5.74, 6) is 1.61. The molecular weight excluding hydrogens is 464 g/mol. The Labute approximate surface area is 202 Å². The van der Waals surface area contributed by atoms with Gasteiger partial charge in [0.1, 0.15) is 22.8 Å². The molecule has 0 unspecified atom stereocenters. The Hall–Kier alpha value is -3.30. The average Bonchev–Trinajstić information content (AvgIpc) is 3.50. The fourth-order valence-electron chi connectivity index (χ4n) is 3.39. The van der Waals surface area contributed by atoms with Gasteiger partial charge in [-0.05, 0) is 30.7 Å².